The van der Waals surface area contributed by atoms with Crippen LogP contribution in [0.25, 0.3) is 5.78 Å². The number of fused-ring (bicyclic) bond motifs is 1. The van der Waals surface area contributed by atoms with Crippen LogP contribution >= 0.6 is 11.6 Å². The topological polar surface area (TPSA) is 55.1 Å². The second kappa shape index (κ2) is 3.63. The van der Waals surface area contributed by atoms with Gasteiger partial charge in [0.05, 0.1) is 0 Å². The van der Waals surface area contributed by atoms with Crippen LogP contribution in [0.4, 0.5) is 5.82 Å². The molecule has 14 heavy (non-hydrogen) atoms. The van der Waals surface area contributed by atoms with E-state index in [1.807, 2.05) is 0 Å². The maximum Gasteiger partial charge on any atom is 0.255 e. The minimum Gasteiger partial charge on any atom is -0.366 e. The first-order chi connectivity index (χ1) is 6.81. The molecule has 0 unspecified atom stereocenters. The van der Waals surface area contributed by atoms with Crippen LogP contribution in [0.5, 0.6) is 0 Å². The Hall–Kier alpha value is -1.62. The first-order valence-electron chi connectivity index (χ1n) is 4.02. The summed E-state index contributed by atoms with van der Waals surface area (Å²) in [6, 6.07) is 1.69. The lowest BCUT2D eigenvalue weighted by molar-refractivity contribution is 0.937. The van der Waals surface area contributed by atoms with Crippen LogP contribution in [0.1, 0.15) is 0 Å². The fourth-order valence-corrected chi connectivity index (χ4v) is 1.26. The number of nitrogens with one attached hydrogen (secondary N) is 1. The molecule has 0 aliphatic heterocycles. The van der Waals surface area contributed by atoms with E-state index in [4.69, 9.17) is 11.6 Å². The van der Waals surface area contributed by atoms with Crippen molar-refractivity contribution in [3.8, 4) is 0 Å². The zero-order valence-corrected chi connectivity index (χ0v) is 8.07. The molecule has 2 aromatic rings. The van der Waals surface area contributed by atoms with Crippen LogP contribution < -0.4 is 5.32 Å². The third-order valence-corrected chi connectivity index (χ3v) is 1.84. The van der Waals surface area contributed by atoms with Crippen LogP contribution in [0.2, 0.25) is 5.15 Å². The normalized spacial score (nSPS) is 10.4. The minimum absolute atomic E-state index is 0.386. The van der Waals surface area contributed by atoms with Gasteiger partial charge in [-0.25, -0.2) is 0 Å². The Kier molecular flexibility index (Phi) is 2.32. The second-order valence-electron chi connectivity index (χ2n) is 2.61. The molecule has 72 valence electrons. The van der Waals surface area contributed by atoms with E-state index in [9.17, 15) is 0 Å². The molecule has 0 radical (unpaired) electrons. The highest BCUT2D eigenvalue weighted by molar-refractivity contribution is 6.29. The number of aromatic nitrogens is 4. The largest absolute Gasteiger partial charge is 0.366 e. The van der Waals surface area contributed by atoms with E-state index in [1.54, 1.807) is 16.7 Å². The first-order valence-corrected chi connectivity index (χ1v) is 4.40. The summed E-state index contributed by atoms with van der Waals surface area (Å²) in [4.78, 5) is 7.93. The quantitative estimate of drug-likeness (QED) is 0.613. The molecule has 0 atom stereocenters. The van der Waals surface area contributed by atoms with Crippen molar-refractivity contribution in [3.63, 3.8) is 0 Å². The molecule has 0 aromatic carbocycles. The summed E-state index contributed by atoms with van der Waals surface area (Å²) in [5.74, 6) is 1.22. The molecule has 2 rings (SSSR count). The zero-order valence-electron chi connectivity index (χ0n) is 7.31. The van der Waals surface area contributed by atoms with Crippen LogP contribution in [-0.4, -0.2) is 26.1 Å². The lowest BCUT2D eigenvalue weighted by Crippen LogP contribution is -2.05. The fourth-order valence-electron chi connectivity index (χ4n) is 1.09. The molecule has 0 spiro atoms. The van der Waals surface area contributed by atoms with Crippen molar-refractivity contribution < 1.29 is 0 Å². The number of rotatable bonds is 3. The third-order valence-electron chi connectivity index (χ3n) is 1.65. The van der Waals surface area contributed by atoms with Crippen molar-refractivity contribution in [2.75, 3.05) is 11.9 Å². The molecule has 0 aliphatic carbocycles. The lowest BCUT2D eigenvalue weighted by Gasteiger charge is -2.04. The molecule has 0 saturated heterocycles. The first kappa shape index (κ1) is 8.96. The molecule has 6 heteroatoms. The van der Waals surface area contributed by atoms with Gasteiger partial charge in [0, 0.05) is 12.6 Å². The summed E-state index contributed by atoms with van der Waals surface area (Å²) in [7, 11) is 0. The molecular formula is C8H8ClN5. The van der Waals surface area contributed by atoms with Crippen molar-refractivity contribution >= 4 is 23.2 Å². The van der Waals surface area contributed by atoms with Crippen LogP contribution in [0.3, 0.4) is 0 Å². The number of nitrogens with zero attached hydrogens (tertiary/aromatic N) is 4. The molecule has 2 aromatic heterocycles. The minimum atomic E-state index is 0.386. The van der Waals surface area contributed by atoms with Gasteiger partial charge in [-0.3, -0.25) is 0 Å². The van der Waals surface area contributed by atoms with Crippen LogP contribution in [0, 0.1) is 0 Å². The van der Waals surface area contributed by atoms with Crippen LogP contribution in [0.15, 0.2) is 25.0 Å². The molecule has 0 bridgehead atoms. The maximum atomic E-state index is 5.80. The van der Waals surface area contributed by atoms with Crippen molar-refractivity contribution in [1.82, 2.24) is 19.6 Å². The predicted octanol–water partition coefficient (Wildman–Crippen LogP) is 1.38. The lowest BCUT2D eigenvalue weighted by atomic mass is 10.5. The summed E-state index contributed by atoms with van der Waals surface area (Å²) < 4.78 is 1.58. The van der Waals surface area contributed by atoms with E-state index < -0.39 is 0 Å². The van der Waals surface area contributed by atoms with Gasteiger partial charge in [0.1, 0.15) is 17.3 Å². The monoisotopic (exact) mass is 209 g/mol. The molecule has 2 heterocycles. The predicted molar refractivity (Wildman–Crippen MR) is 54.5 cm³/mol. The van der Waals surface area contributed by atoms with Gasteiger partial charge in [-0.1, -0.05) is 17.7 Å². The highest BCUT2D eigenvalue weighted by atomic mass is 35.5. The molecular weight excluding hydrogens is 202 g/mol. The molecule has 0 saturated carbocycles. The highest BCUT2D eigenvalue weighted by Crippen LogP contribution is 2.13. The van der Waals surface area contributed by atoms with Gasteiger partial charge in [0.2, 0.25) is 0 Å². The van der Waals surface area contributed by atoms with Crippen molar-refractivity contribution in [2.24, 2.45) is 0 Å². The van der Waals surface area contributed by atoms with E-state index in [0.717, 1.165) is 5.82 Å². The Balaban J connectivity index is 2.49. The van der Waals surface area contributed by atoms with Gasteiger partial charge >= 0.3 is 0 Å². The Morgan fingerprint density at radius 2 is 2.50 bits per heavy atom. The summed E-state index contributed by atoms with van der Waals surface area (Å²) in [5.41, 5.74) is 0. The Labute approximate surface area is 85.4 Å². The summed E-state index contributed by atoms with van der Waals surface area (Å²) in [6.07, 6.45) is 3.18. The number of anilines is 1. The highest BCUT2D eigenvalue weighted by Gasteiger charge is 2.04. The second-order valence-corrected chi connectivity index (χ2v) is 2.99. The summed E-state index contributed by atoms with van der Waals surface area (Å²) in [6.45, 7) is 4.24. The number of hydrogen-bond acceptors (Lipinski definition) is 4. The Bertz CT molecular complexity index is 464. The van der Waals surface area contributed by atoms with Crippen molar-refractivity contribution in [3.05, 3.63) is 30.2 Å². The van der Waals surface area contributed by atoms with Gasteiger partial charge in [-0.15, -0.1) is 6.58 Å². The maximum absolute atomic E-state index is 5.80. The van der Waals surface area contributed by atoms with E-state index in [2.05, 4.69) is 27.0 Å². The van der Waals surface area contributed by atoms with Crippen molar-refractivity contribution in [1.29, 1.82) is 0 Å². The summed E-state index contributed by atoms with van der Waals surface area (Å²) in [5, 5.41) is 7.47. The molecule has 0 fully saturated rings. The van der Waals surface area contributed by atoms with Gasteiger partial charge in [0.15, 0.2) is 0 Å². The van der Waals surface area contributed by atoms with Crippen LogP contribution in [-0.2, 0) is 0 Å². The Morgan fingerprint density at radius 1 is 1.64 bits per heavy atom. The van der Waals surface area contributed by atoms with E-state index in [1.165, 1.54) is 6.33 Å². The van der Waals surface area contributed by atoms with E-state index in [0.29, 0.717) is 17.5 Å². The smallest absolute Gasteiger partial charge is 0.255 e. The Morgan fingerprint density at radius 3 is 3.29 bits per heavy atom. The van der Waals surface area contributed by atoms with Gasteiger partial charge < -0.3 is 5.32 Å². The molecule has 5 nitrogen and oxygen atoms in total. The van der Waals surface area contributed by atoms with Gasteiger partial charge in [-0.2, -0.15) is 19.6 Å². The zero-order chi connectivity index (χ0) is 9.97. The average Bonchev–Trinajstić information content (AvgIpc) is 2.61. The standard InChI is InChI=1S/C8H8ClN5/c1-2-3-10-7-4-6(9)13-8-11-5-12-14(7)8/h2,4-5,10H,1,3H2. The van der Waals surface area contributed by atoms with E-state index >= 15 is 0 Å². The average molecular weight is 210 g/mol. The van der Waals surface area contributed by atoms with Gasteiger partial charge in [0.25, 0.3) is 5.78 Å². The van der Waals surface area contributed by atoms with E-state index in [-0.39, 0.29) is 0 Å². The fraction of sp³-hybridized carbons (Fsp3) is 0.125. The van der Waals surface area contributed by atoms with Gasteiger partial charge in [-0.05, 0) is 0 Å². The molecule has 0 amide bonds. The van der Waals surface area contributed by atoms with Crippen molar-refractivity contribution in [2.45, 2.75) is 0 Å². The molecule has 0 aliphatic rings. The molecule has 1 N–H and O–H groups in total. The summed E-state index contributed by atoms with van der Waals surface area (Å²) >= 11 is 5.80. The number of hydrogen-bond donors (Lipinski definition) is 1. The number of halogens is 1. The third kappa shape index (κ3) is 1.54. The SMILES string of the molecule is C=CCNc1cc(Cl)nc2ncnn12.